The molecule has 0 aliphatic carbocycles. The standard InChI is InChI=1S/C16H17FN2O2S/c1-2-3-12-15(20)18-6-7-19(12)16(21)14-9-10-8-11(17)4-5-13(10)22-14/h4-5,8-9,12H,2-3,6-7H2,1H3,(H,18,20)/t12-/m0/s1. The van der Waals surface area contributed by atoms with Crippen LogP contribution in [0.15, 0.2) is 24.3 Å². The molecule has 4 nitrogen and oxygen atoms in total. The Morgan fingerprint density at radius 3 is 3.05 bits per heavy atom. The first-order valence-corrected chi connectivity index (χ1v) is 8.19. The van der Waals surface area contributed by atoms with E-state index in [9.17, 15) is 14.0 Å². The van der Waals surface area contributed by atoms with Crippen LogP contribution >= 0.6 is 11.3 Å². The molecule has 2 amide bonds. The van der Waals surface area contributed by atoms with Crippen molar-refractivity contribution in [2.45, 2.75) is 25.8 Å². The normalized spacial score (nSPS) is 18.5. The quantitative estimate of drug-likeness (QED) is 0.945. The summed E-state index contributed by atoms with van der Waals surface area (Å²) >= 11 is 1.34. The van der Waals surface area contributed by atoms with Gasteiger partial charge in [0.1, 0.15) is 11.9 Å². The van der Waals surface area contributed by atoms with Crippen LogP contribution < -0.4 is 5.32 Å². The Labute approximate surface area is 131 Å². The Morgan fingerprint density at radius 2 is 2.27 bits per heavy atom. The fraction of sp³-hybridized carbons (Fsp3) is 0.375. The molecule has 2 heterocycles. The van der Waals surface area contributed by atoms with Crippen molar-refractivity contribution >= 4 is 33.2 Å². The van der Waals surface area contributed by atoms with E-state index in [0.29, 0.717) is 24.4 Å². The average molecular weight is 320 g/mol. The monoisotopic (exact) mass is 320 g/mol. The first-order valence-electron chi connectivity index (χ1n) is 7.38. The molecule has 0 spiro atoms. The fourth-order valence-electron chi connectivity index (χ4n) is 2.78. The van der Waals surface area contributed by atoms with Crippen LogP contribution in [0.4, 0.5) is 4.39 Å². The number of benzene rings is 1. The summed E-state index contributed by atoms with van der Waals surface area (Å²) in [6.07, 6.45) is 1.48. The summed E-state index contributed by atoms with van der Waals surface area (Å²) in [6, 6.07) is 5.80. The van der Waals surface area contributed by atoms with Gasteiger partial charge in [-0.3, -0.25) is 9.59 Å². The van der Waals surface area contributed by atoms with Gasteiger partial charge in [0.25, 0.3) is 5.91 Å². The van der Waals surface area contributed by atoms with E-state index >= 15 is 0 Å². The SMILES string of the molecule is CCC[C@H]1C(=O)NCCN1C(=O)c1cc2cc(F)ccc2s1. The fourth-order valence-corrected chi connectivity index (χ4v) is 3.78. The molecular weight excluding hydrogens is 303 g/mol. The van der Waals surface area contributed by atoms with Gasteiger partial charge in [0.15, 0.2) is 0 Å². The molecule has 22 heavy (non-hydrogen) atoms. The number of carbonyl (C=O) groups excluding carboxylic acids is 2. The Kier molecular flexibility index (Phi) is 4.11. The van der Waals surface area contributed by atoms with E-state index in [-0.39, 0.29) is 17.6 Å². The molecule has 3 rings (SSSR count). The predicted octanol–water partition coefficient (Wildman–Crippen LogP) is 2.78. The van der Waals surface area contributed by atoms with Gasteiger partial charge < -0.3 is 10.2 Å². The van der Waals surface area contributed by atoms with Crippen molar-refractivity contribution in [2.24, 2.45) is 0 Å². The van der Waals surface area contributed by atoms with Gasteiger partial charge in [-0.1, -0.05) is 13.3 Å². The number of thiophene rings is 1. The molecule has 0 unspecified atom stereocenters. The Bertz CT molecular complexity index is 728. The number of amides is 2. The molecule has 1 aromatic heterocycles. The predicted molar refractivity (Wildman–Crippen MR) is 84.5 cm³/mol. The van der Waals surface area contributed by atoms with E-state index < -0.39 is 6.04 Å². The third-order valence-electron chi connectivity index (χ3n) is 3.84. The third-order valence-corrected chi connectivity index (χ3v) is 4.95. The summed E-state index contributed by atoms with van der Waals surface area (Å²) in [5, 5.41) is 3.53. The molecule has 1 fully saturated rings. The second kappa shape index (κ2) is 6.04. The van der Waals surface area contributed by atoms with E-state index in [1.54, 1.807) is 17.0 Å². The number of fused-ring (bicyclic) bond motifs is 1. The van der Waals surface area contributed by atoms with Crippen LogP contribution in [0.3, 0.4) is 0 Å². The highest BCUT2D eigenvalue weighted by Crippen LogP contribution is 2.28. The zero-order valence-electron chi connectivity index (χ0n) is 12.3. The molecule has 1 saturated heterocycles. The van der Waals surface area contributed by atoms with Crippen LogP contribution in [-0.4, -0.2) is 35.8 Å². The number of piperazine rings is 1. The third kappa shape index (κ3) is 2.70. The molecule has 0 radical (unpaired) electrons. The zero-order chi connectivity index (χ0) is 15.7. The minimum absolute atomic E-state index is 0.0893. The van der Waals surface area contributed by atoms with Crippen LogP contribution in [-0.2, 0) is 4.79 Å². The van der Waals surface area contributed by atoms with Gasteiger partial charge in [0.2, 0.25) is 5.91 Å². The molecular formula is C16H17FN2O2S. The first-order chi connectivity index (χ1) is 10.6. The van der Waals surface area contributed by atoms with Gasteiger partial charge in [-0.05, 0) is 36.1 Å². The minimum atomic E-state index is -0.409. The average Bonchev–Trinajstić information content (AvgIpc) is 2.91. The molecule has 1 aromatic carbocycles. The van der Waals surface area contributed by atoms with Gasteiger partial charge in [-0.25, -0.2) is 4.39 Å². The molecule has 1 N–H and O–H groups in total. The summed E-state index contributed by atoms with van der Waals surface area (Å²) in [5.41, 5.74) is 0. The van der Waals surface area contributed by atoms with Crippen LogP contribution in [0.2, 0.25) is 0 Å². The second-order valence-electron chi connectivity index (χ2n) is 5.39. The molecule has 6 heteroatoms. The molecule has 116 valence electrons. The van der Waals surface area contributed by atoms with Gasteiger partial charge in [-0.2, -0.15) is 0 Å². The number of nitrogens with zero attached hydrogens (tertiary/aromatic N) is 1. The lowest BCUT2D eigenvalue weighted by molar-refractivity contribution is -0.128. The molecule has 1 aliphatic rings. The van der Waals surface area contributed by atoms with Crippen LogP contribution in [0.1, 0.15) is 29.4 Å². The zero-order valence-corrected chi connectivity index (χ0v) is 13.1. The van der Waals surface area contributed by atoms with Crippen molar-refractivity contribution in [2.75, 3.05) is 13.1 Å². The molecule has 1 aliphatic heterocycles. The van der Waals surface area contributed by atoms with Crippen molar-refractivity contribution in [3.05, 3.63) is 35.0 Å². The van der Waals surface area contributed by atoms with Crippen molar-refractivity contribution in [1.82, 2.24) is 10.2 Å². The first kappa shape index (κ1) is 15.0. The topological polar surface area (TPSA) is 49.4 Å². The van der Waals surface area contributed by atoms with E-state index in [0.717, 1.165) is 16.5 Å². The van der Waals surface area contributed by atoms with E-state index in [4.69, 9.17) is 0 Å². The number of rotatable bonds is 3. The maximum Gasteiger partial charge on any atom is 0.264 e. The maximum atomic E-state index is 13.3. The highest BCUT2D eigenvalue weighted by atomic mass is 32.1. The number of hydrogen-bond donors (Lipinski definition) is 1. The van der Waals surface area contributed by atoms with Crippen molar-refractivity contribution in [3.8, 4) is 0 Å². The Balaban J connectivity index is 1.91. The molecule has 0 saturated carbocycles. The second-order valence-corrected chi connectivity index (χ2v) is 6.47. The number of halogens is 1. The molecule has 2 aromatic rings. The van der Waals surface area contributed by atoms with E-state index in [2.05, 4.69) is 5.32 Å². The van der Waals surface area contributed by atoms with Gasteiger partial charge in [-0.15, -0.1) is 11.3 Å². The van der Waals surface area contributed by atoms with Crippen LogP contribution in [0.25, 0.3) is 10.1 Å². The molecule has 0 bridgehead atoms. The summed E-state index contributed by atoms with van der Waals surface area (Å²) in [6.45, 7) is 2.98. The van der Waals surface area contributed by atoms with E-state index in [1.165, 1.54) is 23.5 Å². The summed E-state index contributed by atoms with van der Waals surface area (Å²) in [4.78, 5) is 26.9. The lowest BCUT2D eigenvalue weighted by Crippen LogP contribution is -2.57. The van der Waals surface area contributed by atoms with Crippen LogP contribution in [0, 0.1) is 5.82 Å². The lowest BCUT2D eigenvalue weighted by Gasteiger charge is -2.34. The van der Waals surface area contributed by atoms with Gasteiger partial charge >= 0.3 is 0 Å². The Hall–Kier alpha value is -1.95. The maximum absolute atomic E-state index is 13.3. The summed E-state index contributed by atoms with van der Waals surface area (Å²) < 4.78 is 14.1. The van der Waals surface area contributed by atoms with E-state index in [1.807, 2.05) is 6.92 Å². The summed E-state index contributed by atoms with van der Waals surface area (Å²) in [7, 11) is 0. The lowest BCUT2D eigenvalue weighted by atomic mass is 10.1. The van der Waals surface area contributed by atoms with Gasteiger partial charge in [0.05, 0.1) is 4.88 Å². The van der Waals surface area contributed by atoms with Crippen molar-refractivity contribution in [3.63, 3.8) is 0 Å². The van der Waals surface area contributed by atoms with Crippen molar-refractivity contribution in [1.29, 1.82) is 0 Å². The van der Waals surface area contributed by atoms with Gasteiger partial charge in [0, 0.05) is 17.8 Å². The highest BCUT2D eigenvalue weighted by Gasteiger charge is 2.33. The Morgan fingerprint density at radius 1 is 1.45 bits per heavy atom. The highest BCUT2D eigenvalue weighted by molar-refractivity contribution is 7.20. The smallest absolute Gasteiger partial charge is 0.264 e. The largest absolute Gasteiger partial charge is 0.353 e. The van der Waals surface area contributed by atoms with Crippen molar-refractivity contribution < 1.29 is 14.0 Å². The summed E-state index contributed by atoms with van der Waals surface area (Å²) in [5.74, 6) is -0.547. The number of carbonyl (C=O) groups is 2. The van der Waals surface area contributed by atoms with Crippen LogP contribution in [0.5, 0.6) is 0 Å². The minimum Gasteiger partial charge on any atom is -0.353 e. The number of hydrogen-bond acceptors (Lipinski definition) is 3. The molecule has 1 atom stereocenters. The number of nitrogens with one attached hydrogen (secondary N) is 1.